The highest BCUT2D eigenvalue weighted by atomic mass is 32.2. The van der Waals surface area contributed by atoms with E-state index in [0.29, 0.717) is 0 Å². The van der Waals surface area contributed by atoms with Gasteiger partial charge in [0.15, 0.2) is 0 Å². The van der Waals surface area contributed by atoms with Gasteiger partial charge in [-0.3, -0.25) is 0 Å². The van der Waals surface area contributed by atoms with E-state index in [0.717, 1.165) is 0 Å². The van der Waals surface area contributed by atoms with Crippen molar-refractivity contribution in [1.82, 2.24) is 0 Å². The van der Waals surface area contributed by atoms with Crippen LogP contribution >= 0.6 is 23.5 Å². The first kappa shape index (κ1) is 10.6. The molecule has 0 unspecified atom stereocenters. The van der Waals surface area contributed by atoms with Crippen molar-refractivity contribution in [2.45, 2.75) is 30.6 Å². The zero-order valence-electron chi connectivity index (χ0n) is 8.23. The molecule has 1 rings (SSSR count). The van der Waals surface area contributed by atoms with Crippen LogP contribution in [0.25, 0.3) is 0 Å². The maximum Gasteiger partial charge on any atom is 0.129 e. The molecule has 3 heteroatoms. The molecule has 0 saturated carbocycles. The molecule has 1 aliphatic rings. The Morgan fingerprint density at radius 2 is 1.67 bits per heavy atom. The van der Waals surface area contributed by atoms with Crippen LogP contribution in [0.4, 0.5) is 0 Å². The Labute approximate surface area is 85.3 Å². The molecule has 0 aromatic heterocycles. The first-order valence-electron chi connectivity index (χ1n) is 4.24. The van der Waals surface area contributed by atoms with Gasteiger partial charge in [0, 0.05) is 11.5 Å². The Balaban J connectivity index is 2.63. The third-order valence-electron chi connectivity index (χ3n) is 1.50. The van der Waals surface area contributed by atoms with Crippen LogP contribution < -0.4 is 0 Å². The van der Waals surface area contributed by atoms with Crippen molar-refractivity contribution < 1.29 is 0 Å². The molecule has 0 aromatic rings. The Hall–Kier alpha value is 0.477. The number of hydrogen-bond acceptors (Lipinski definition) is 2. The highest BCUT2D eigenvalue weighted by molar-refractivity contribution is 8.21. The van der Waals surface area contributed by atoms with E-state index in [1.54, 1.807) is 0 Å². The van der Waals surface area contributed by atoms with Crippen molar-refractivity contribution in [1.29, 1.82) is 0 Å². The minimum atomic E-state index is -1.16. The van der Waals surface area contributed by atoms with Crippen molar-refractivity contribution in [3.63, 3.8) is 0 Å². The lowest BCUT2D eigenvalue weighted by atomic mass is 10.5. The molecule has 0 aromatic carbocycles. The molecule has 0 radical (unpaired) electrons. The smallest absolute Gasteiger partial charge is 0.129 e. The van der Waals surface area contributed by atoms with Crippen LogP contribution in [0, 0.1) is 11.5 Å². The second-order valence-electron chi connectivity index (χ2n) is 4.14. The van der Waals surface area contributed by atoms with Gasteiger partial charge < -0.3 is 0 Å². The molecule has 68 valence electrons. The van der Waals surface area contributed by atoms with Gasteiger partial charge in [0.2, 0.25) is 0 Å². The lowest BCUT2D eigenvalue weighted by molar-refractivity contribution is 1.22. The largest absolute Gasteiger partial charge is 0.131 e. The summed E-state index contributed by atoms with van der Waals surface area (Å²) >= 11 is 3.99. The number of hydrogen-bond donors (Lipinski definition) is 0. The number of rotatable bonds is 0. The van der Waals surface area contributed by atoms with Gasteiger partial charge in [0.25, 0.3) is 0 Å². The highest BCUT2D eigenvalue weighted by Gasteiger charge is 2.28. The van der Waals surface area contributed by atoms with Gasteiger partial charge in [-0.2, -0.15) is 0 Å². The fourth-order valence-electron chi connectivity index (χ4n) is 0.888. The molecular formula is C9H16S2Si. The molecule has 0 bridgehead atoms. The molecule has 1 fully saturated rings. The molecular weight excluding hydrogens is 200 g/mol. The summed E-state index contributed by atoms with van der Waals surface area (Å²) in [6.07, 6.45) is 0. The first-order valence-corrected chi connectivity index (χ1v) is 9.71. The lowest BCUT2D eigenvalue weighted by Gasteiger charge is -2.14. The Morgan fingerprint density at radius 3 is 2.08 bits per heavy atom. The summed E-state index contributed by atoms with van der Waals surface area (Å²) in [5.41, 5.74) is 3.45. The topological polar surface area (TPSA) is 0 Å². The van der Waals surface area contributed by atoms with Crippen LogP contribution in [0.15, 0.2) is 0 Å². The predicted molar refractivity (Wildman–Crippen MR) is 64.4 cm³/mol. The van der Waals surface area contributed by atoms with Gasteiger partial charge in [-0.25, -0.2) is 0 Å². The van der Waals surface area contributed by atoms with Crippen LogP contribution in [-0.4, -0.2) is 23.7 Å². The Morgan fingerprint density at radius 1 is 1.17 bits per heavy atom. The van der Waals surface area contributed by atoms with Gasteiger partial charge in [-0.05, 0) is 6.92 Å². The average Bonchev–Trinajstić information content (AvgIpc) is 2.32. The maximum atomic E-state index is 3.45. The lowest BCUT2D eigenvalue weighted by Crippen LogP contribution is -2.18. The van der Waals surface area contributed by atoms with Gasteiger partial charge in [-0.15, -0.1) is 29.1 Å². The van der Waals surface area contributed by atoms with E-state index in [1.165, 1.54) is 11.5 Å². The molecule has 0 nitrogen and oxygen atoms in total. The monoisotopic (exact) mass is 216 g/mol. The third kappa shape index (κ3) is 3.47. The fourth-order valence-corrected chi connectivity index (χ4v) is 4.22. The van der Waals surface area contributed by atoms with E-state index >= 15 is 0 Å². The Kier molecular flexibility index (Phi) is 3.25. The van der Waals surface area contributed by atoms with Crippen molar-refractivity contribution in [3.05, 3.63) is 0 Å². The summed E-state index contributed by atoms with van der Waals surface area (Å²) < 4.78 is 0.209. The predicted octanol–water partition coefficient (Wildman–Crippen LogP) is 3.06. The minimum Gasteiger partial charge on any atom is -0.131 e. The molecule has 1 aliphatic heterocycles. The second kappa shape index (κ2) is 3.69. The third-order valence-corrected chi connectivity index (χ3v) is 5.47. The number of thioether (sulfide) groups is 2. The molecule has 0 aliphatic carbocycles. The zero-order chi connectivity index (χ0) is 9.24. The van der Waals surface area contributed by atoms with E-state index in [1.807, 2.05) is 23.5 Å². The van der Waals surface area contributed by atoms with E-state index in [-0.39, 0.29) is 4.08 Å². The van der Waals surface area contributed by atoms with Gasteiger partial charge in [0.1, 0.15) is 12.2 Å². The van der Waals surface area contributed by atoms with Gasteiger partial charge in [0.05, 0.1) is 0 Å². The van der Waals surface area contributed by atoms with Gasteiger partial charge >= 0.3 is 0 Å². The molecule has 1 heterocycles. The summed E-state index contributed by atoms with van der Waals surface area (Å²) in [5.74, 6) is 5.97. The molecule has 0 atom stereocenters. The second-order valence-corrected chi connectivity index (χ2v) is 12.2. The first-order chi connectivity index (χ1) is 5.41. The van der Waals surface area contributed by atoms with Crippen molar-refractivity contribution in [3.8, 4) is 11.5 Å². The molecule has 0 N–H and O–H groups in total. The summed E-state index contributed by atoms with van der Waals surface area (Å²) in [7, 11) is -1.16. The van der Waals surface area contributed by atoms with Crippen molar-refractivity contribution in [2.24, 2.45) is 0 Å². The summed E-state index contributed by atoms with van der Waals surface area (Å²) in [4.78, 5) is 0. The van der Waals surface area contributed by atoms with E-state index in [2.05, 4.69) is 38.0 Å². The maximum absolute atomic E-state index is 3.45. The summed E-state index contributed by atoms with van der Waals surface area (Å²) in [5, 5.41) is 0. The normalized spacial score (nSPS) is 21.7. The molecule has 1 saturated heterocycles. The van der Waals surface area contributed by atoms with Crippen LogP contribution in [0.3, 0.4) is 0 Å². The highest BCUT2D eigenvalue weighted by Crippen LogP contribution is 2.42. The quantitative estimate of drug-likeness (QED) is 0.451. The van der Waals surface area contributed by atoms with E-state index in [9.17, 15) is 0 Å². The molecule has 0 amide bonds. The van der Waals surface area contributed by atoms with Crippen LogP contribution in [-0.2, 0) is 0 Å². The van der Waals surface area contributed by atoms with Crippen molar-refractivity contribution in [2.75, 3.05) is 11.5 Å². The summed E-state index contributed by atoms with van der Waals surface area (Å²) in [6.45, 7) is 9.15. The average molecular weight is 216 g/mol. The fraction of sp³-hybridized carbons (Fsp3) is 0.778. The van der Waals surface area contributed by atoms with Crippen LogP contribution in [0.1, 0.15) is 6.92 Å². The summed E-state index contributed by atoms with van der Waals surface area (Å²) in [6, 6.07) is 0. The standard InChI is InChI=1S/C9H16S2Si/c1-9(10-6-7-11-9)5-8-12(2,3)4/h6-7H2,1-4H3. The van der Waals surface area contributed by atoms with Crippen molar-refractivity contribution >= 4 is 31.6 Å². The zero-order valence-corrected chi connectivity index (χ0v) is 10.9. The van der Waals surface area contributed by atoms with E-state index in [4.69, 9.17) is 0 Å². The van der Waals surface area contributed by atoms with Crippen LogP contribution in [0.5, 0.6) is 0 Å². The van der Waals surface area contributed by atoms with Gasteiger partial charge in [-0.1, -0.05) is 25.6 Å². The van der Waals surface area contributed by atoms with Crippen LogP contribution in [0.2, 0.25) is 19.6 Å². The van der Waals surface area contributed by atoms with E-state index < -0.39 is 8.07 Å². The minimum absolute atomic E-state index is 0.209. The Bertz CT molecular complexity index is 213. The molecule has 12 heavy (non-hydrogen) atoms. The molecule has 0 spiro atoms. The SMILES string of the molecule is CC1(C#C[Si](C)(C)C)SCCS1.